The van der Waals surface area contributed by atoms with Gasteiger partial charge in [-0.05, 0) is 12.8 Å². The SMILES string of the molecule is NCCN[C@@H]1CCCC[C@@H]1O. The zero-order valence-electron chi connectivity index (χ0n) is 6.92. The first-order chi connectivity index (χ1) is 5.34. The molecule has 66 valence electrons. The second-order valence-electron chi connectivity index (χ2n) is 3.20. The van der Waals surface area contributed by atoms with Gasteiger partial charge in [-0.3, -0.25) is 0 Å². The van der Waals surface area contributed by atoms with Gasteiger partial charge in [0.2, 0.25) is 0 Å². The smallest absolute Gasteiger partial charge is 0.0693 e. The fraction of sp³-hybridized carbons (Fsp3) is 1.00. The van der Waals surface area contributed by atoms with Gasteiger partial charge in [0, 0.05) is 19.1 Å². The van der Waals surface area contributed by atoms with Gasteiger partial charge in [0.05, 0.1) is 6.10 Å². The predicted octanol–water partition coefficient (Wildman–Crippen LogP) is -0.162. The van der Waals surface area contributed by atoms with E-state index in [1.807, 2.05) is 0 Å². The molecule has 1 saturated carbocycles. The summed E-state index contributed by atoms with van der Waals surface area (Å²) in [6.45, 7) is 1.48. The fourth-order valence-corrected chi connectivity index (χ4v) is 1.62. The lowest BCUT2D eigenvalue weighted by Crippen LogP contribution is -2.43. The quantitative estimate of drug-likeness (QED) is 0.535. The predicted molar refractivity (Wildman–Crippen MR) is 45.3 cm³/mol. The van der Waals surface area contributed by atoms with Gasteiger partial charge in [0.15, 0.2) is 0 Å². The third-order valence-corrected chi connectivity index (χ3v) is 2.28. The van der Waals surface area contributed by atoms with Crippen molar-refractivity contribution in [2.75, 3.05) is 13.1 Å². The molecule has 0 bridgehead atoms. The molecule has 0 aliphatic heterocycles. The normalized spacial score (nSPS) is 32.2. The van der Waals surface area contributed by atoms with E-state index in [1.54, 1.807) is 0 Å². The van der Waals surface area contributed by atoms with Crippen LogP contribution in [0.25, 0.3) is 0 Å². The first-order valence-corrected chi connectivity index (χ1v) is 4.46. The zero-order chi connectivity index (χ0) is 8.10. The summed E-state index contributed by atoms with van der Waals surface area (Å²) in [5.74, 6) is 0. The van der Waals surface area contributed by atoms with Gasteiger partial charge in [0.25, 0.3) is 0 Å². The number of nitrogens with one attached hydrogen (secondary N) is 1. The topological polar surface area (TPSA) is 58.3 Å². The molecule has 0 amide bonds. The summed E-state index contributed by atoms with van der Waals surface area (Å²) in [4.78, 5) is 0. The first-order valence-electron chi connectivity index (χ1n) is 4.46. The van der Waals surface area contributed by atoms with Crippen LogP contribution in [0.5, 0.6) is 0 Å². The average molecular weight is 158 g/mol. The third kappa shape index (κ3) is 2.77. The Morgan fingerprint density at radius 1 is 1.36 bits per heavy atom. The second-order valence-corrected chi connectivity index (χ2v) is 3.20. The molecule has 0 aromatic heterocycles. The molecule has 0 heterocycles. The number of hydrogen-bond donors (Lipinski definition) is 3. The maximum absolute atomic E-state index is 9.49. The molecule has 1 aliphatic carbocycles. The zero-order valence-corrected chi connectivity index (χ0v) is 6.92. The lowest BCUT2D eigenvalue weighted by Gasteiger charge is -2.28. The number of aliphatic hydroxyl groups excluding tert-OH is 1. The van der Waals surface area contributed by atoms with Crippen LogP contribution in [0.1, 0.15) is 25.7 Å². The number of rotatable bonds is 3. The Morgan fingerprint density at radius 2 is 2.09 bits per heavy atom. The minimum absolute atomic E-state index is 0.143. The van der Waals surface area contributed by atoms with Crippen LogP contribution in [0.4, 0.5) is 0 Å². The molecule has 0 unspecified atom stereocenters. The molecule has 2 atom stereocenters. The van der Waals surface area contributed by atoms with Crippen LogP contribution >= 0.6 is 0 Å². The van der Waals surface area contributed by atoms with Crippen molar-refractivity contribution < 1.29 is 5.11 Å². The molecule has 0 aromatic rings. The third-order valence-electron chi connectivity index (χ3n) is 2.28. The molecule has 3 heteroatoms. The molecule has 4 N–H and O–H groups in total. The van der Waals surface area contributed by atoms with E-state index in [1.165, 1.54) is 12.8 Å². The van der Waals surface area contributed by atoms with E-state index < -0.39 is 0 Å². The van der Waals surface area contributed by atoms with E-state index >= 15 is 0 Å². The lowest BCUT2D eigenvalue weighted by atomic mass is 9.93. The van der Waals surface area contributed by atoms with Gasteiger partial charge in [-0.15, -0.1) is 0 Å². The Balaban J connectivity index is 2.18. The maximum atomic E-state index is 9.49. The standard InChI is InChI=1S/C8H18N2O/c9-5-6-10-7-3-1-2-4-8(7)11/h7-8,10-11H,1-6,9H2/t7-,8+/m1/s1. The summed E-state index contributed by atoms with van der Waals surface area (Å²) in [7, 11) is 0. The summed E-state index contributed by atoms with van der Waals surface area (Å²) in [5, 5.41) is 12.7. The molecule has 3 nitrogen and oxygen atoms in total. The van der Waals surface area contributed by atoms with Crippen LogP contribution in [0.2, 0.25) is 0 Å². The van der Waals surface area contributed by atoms with Crippen LogP contribution < -0.4 is 11.1 Å². The van der Waals surface area contributed by atoms with E-state index in [0.29, 0.717) is 12.6 Å². The van der Waals surface area contributed by atoms with Gasteiger partial charge in [0.1, 0.15) is 0 Å². The Labute approximate surface area is 68.0 Å². The summed E-state index contributed by atoms with van der Waals surface area (Å²) < 4.78 is 0. The Kier molecular flexibility index (Phi) is 3.83. The van der Waals surface area contributed by atoms with Crippen LogP contribution in [0, 0.1) is 0 Å². The highest BCUT2D eigenvalue weighted by Gasteiger charge is 2.21. The molecule has 0 radical (unpaired) electrons. The van der Waals surface area contributed by atoms with E-state index in [-0.39, 0.29) is 6.10 Å². The fourth-order valence-electron chi connectivity index (χ4n) is 1.62. The van der Waals surface area contributed by atoms with E-state index in [0.717, 1.165) is 19.4 Å². The van der Waals surface area contributed by atoms with Gasteiger partial charge in [-0.2, -0.15) is 0 Å². The van der Waals surface area contributed by atoms with Crippen LogP contribution in [0.15, 0.2) is 0 Å². The molecule has 0 spiro atoms. The molecule has 1 fully saturated rings. The summed E-state index contributed by atoms with van der Waals surface area (Å²) in [6, 6.07) is 0.298. The summed E-state index contributed by atoms with van der Waals surface area (Å²) in [6.07, 6.45) is 4.31. The largest absolute Gasteiger partial charge is 0.392 e. The number of hydrogen-bond acceptors (Lipinski definition) is 3. The van der Waals surface area contributed by atoms with Crippen LogP contribution in [-0.2, 0) is 0 Å². The summed E-state index contributed by atoms with van der Waals surface area (Å²) in [5.41, 5.74) is 5.35. The van der Waals surface area contributed by atoms with Gasteiger partial charge in [-0.1, -0.05) is 12.8 Å². The minimum atomic E-state index is -0.143. The van der Waals surface area contributed by atoms with Crippen molar-refractivity contribution in [3.63, 3.8) is 0 Å². The Bertz CT molecular complexity index is 108. The molecule has 1 aliphatic rings. The Morgan fingerprint density at radius 3 is 2.73 bits per heavy atom. The van der Waals surface area contributed by atoms with Gasteiger partial charge in [-0.25, -0.2) is 0 Å². The van der Waals surface area contributed by atoms with E-state index in [4.69, 9.17) is 5.73 Å². The monoisotopic (exact) mass is 158 g/mol. The molecule has 0 aromatic carbocycles. The molecule has 1 rings (SSSR count). The molecular formula is C8H18N2O. The van der Waals surface area contributed by atoms with Crippen molar-refractivity contribution in [3.05, 3.63) is 0 Å². The highest BCUT2D eigenvalue weighted by molar-refractivity contribution is 4.79. The number of aliphatic hydroxyl groups is 1. The first kappa shape index (κ1) is 8.97. The lowest BCUT2D eigenvalue weighted by molar-refractivity contribution is 0.0917. The summed E-state index contributed by atoms with van der Waals surface area (Å²) >= 11 is 0. The molecule has 0 saturated heterocycles. The van der Waals surface area contributed by atoms with E-state index in [2.05, 4.69) is 5.32 Å². The van der Waals surface area contributed by atoms with Crippen molar-refractivity contribution in [1.29, 1.82) is 0 Å². The Hall–Kier alpha value is -0.120. The molecular weight excluding hydrogens is 140 g/mol. The molecule has 11 heavy (non-hydrogen) atoms. The van der Waals surface area contributed by atoms with E-state index in [9.17, 15) is 5.11 Å². The number of nitrogens with two attached hydrogens (primary N) is 1. The van der Waals surface area contributed by atoms with Crippen molar-refractivity contribution in [2.24, 2.45) is 5.73 Å². The second kappa shape index (κ2) is 4.70. The van der Waals surface area contributed by atoms with Gasteiger partial charge >= 0.3 is 0 Å². The minimum Gasteiger partial charge on any atom is -0.392 e. The van der Waals surface area contributed by atoms with Crippen molar-refractivity contribution in [2.45, 2.75) is 37.8 Å². The van der Waals surface area contributed by atoms with Crippen molar-refractivity contribution >= 4 is 0 Å². The van der Waals surface area contributed by atoms with Crippen LogP contribution in [-0.4, -0.2) is 30.3 Å². The van der Waals surface area contributed by atoms with Gasteiger partial charge < -0.3 is 16.2 Å². The van der Waals surface area contributed by atoms with Crippen LogP contribution in [0.3, 0.4) is 0 Å². The highest BCUT2D eigenvalue weighted by atomic mass is 16.3. The van der Waals surface area contributed by atoms with Crippen molar-refractivity contribution in [1.82, 2.24) is 5.32 Å². The average Bonchev–Trinajstić information content (AvgIpc) is 2.03. The maximum Gasteiger partial charge on any atom is 0.0693 e. The highest BCUT2D eigenvalue weighted by Crippen LogP contribution is 2.17. The van der Waals surface area contributed by atoms with Crippen molar-refractivity contribution in [3.8, 4) is 0 Å².